The highest BCUT2D eigenvalue weighted by atomic mass is 16.3. The first kappa shape index (κ1) is 11.9. The fourth-order valence-corrected chi connectivity index (χ4v) is 3.38. The number of nitrogens with zero attached hydrogens (tertiary/aromatic N) is 2. The second-order valence-corrected chi connectivity index (χ2v) is 5.67. The normalized spacial score (nSPS) is 31.8. The number of hydrogen-bond donors (Lipinski definition) is 2. The topological polar surface area (TPSA) is 48.4 Å². The zero-order valence-electron chi connectivity index (χ0n) is 11.1. The molecular formula is C14H21N3O. The smallest absolute Gasteiger partial charge is 0.138 e. The summed E-state index contributed by atoms with van der Waals surface area (Å²) < 4.78 is 0. The minimum Gasteiger partial charge on any atom is -0.506 e. The Morgan fingerprint density at radius 1 is 1.44 bits per heavy atom. The summed E-state index contributed by atoms with van der Waals surface area (Å²) in [6.07, 6.45) is 0. The van der Waals surface area contributed by atoms with Gasteiger partial charge in [0.2, 0.25) is 0 Å². The molecule has 0 amide bonds. The van der Waals surface area contributed by atoms with E-state index in [2.05, 4.69) is 22.1 Å². The average molecular weight is 247 g/mol. The Balaban J connectivity index is 1.75. The third-order valence-electron chi connectivity index (χ3n) is 4.50. The van der Waals surface area contributed by atoms with Gasteiger partial charge in [0.05, 0.1) is 5.69 Å². The van der Waals surface area contributed by atoms with Gasteiger partial charge in [-0.1, -0.05) is 0 Å². The van der Waals surface area contributed by atoms with E-state index in [1.54, 1.807) is 6.07 Å². The van der Waals surface area contributed by atoms with E-state index in [1.165, 1.54) is 0 Å². The van der Waals surface area contributed by atoms with Gasteiger partial charge in [-0.05, 0) is 50.9 Å². The predicted molar refractivity (Wildman–Crippen MR) is 70.4 cm³/mol. The number of aromatic nitrogens is 1. The molecule has 2 aliphatic rings. The van der Waals surface area contributed by atoms with E-state index >= 15 is 0 Å². The Morgan fingerprint density at radius 3 is 3.06 bits per heavy atom. The van der Waals surface area contributed by atoms with E-state index in [0.29, 0.717) is 11.8 Å². The summed E-state index contributed by atoms with van der Waals surface area (Å²) in [4.78, 5) is 6.91. The molecule has 0 aromatic carbocycles. The van der Waals surface area contributed by atoms with Gasteiger partial charge in [0, 0.05) is 24.8 Å². The van der Waals surface area contributed by atoms with Gasteiger partial charge < -0.3 is 10.4 Å². The summed E-state index contributed by atoms with van der Waals surface area (Å²) in [6, 6.07) is 4.18. The second-order valence-electron chi connectivity index (χ2n) is 5.67. The lowest BCUT2D eigenvalue weighted by Gasteiger charge is -2.24. The summed E-state index contributed by atoms with van der Waals surface area (Å²) in [7, 11) is 0. The quantitative estimate of drug-likeness (QED) is 0.822. The third-order valence-corrected chi connectivity index (χ3v) is 4.50. The molecule has 0 radical (unpaired) electrons. The van der Waals surface area contributed by atoms with Crippen molar-refractivity contribution in [2.24, 2.45) is 11.8 Å². The number of rotatable bonds is 2. The molecular weight excluding hydrogens is 226 g/mol. The Hall–Kier alpha value is -1.13. The monoisotopic (exact) mass is 247 g/mol. The summed E-state index contributed by atoms with van der Waals surface area (Å²) in [5.74, 6) is 1.85. The highest BCUT2D eigenvalue weighted by Crippen LogP contribution is 2.33. The van der Waals surface area contributed by atoms with Crippen molar-refractivity contribution in [1.82, 2.24) is 15.2 Å². The molecule has 2 saturated heterocycles. The van der Waals surface area contributed by atoms with Crippen LogP contribution in [0.4, 0.5) is 0 Å². The first-order chi connectivity index (χ1) is 8.65. The third kappa shape index (κ3) is 1.99. The molecule has 1 aromatic heterocycles. The van der Waals surface area contributed by atoms with E-state index in [9.17, 15) is 5.11 Å². The van der Waals surface area contributed by atoms with Crippen LogP contribution in [-0.4, -0.2) is 40.7 Å². The Bertz CT molecular complexity index is 449. The fraction of sp³-hybridized carbons (Fsp3) is 0.643. The van der Waals surface area contributed by atoms with Crippen LogP contribution in [0.5, 0.6) is 5.75 Å². The maximum Gasteiger partial charge on any atom is 0.138 e. The Kier molecular flexibility index (Phi) is 2.99. The summed E-state index contributed by atoms with van der Waals surface area (Å²) in [6.45, 7) is 8.42. The summed E-state index contributed by atoms with van der Waals surface area (Å²) >= 11 is 0. The van der Waals surface area contributed by atoms with Gasteiger partial charge in [-0.25, -0.2) is 0 Å². The van der Waals surface area contributed by atoms with Gasteiger partial charge in [0.15, 0.2) is 0 Å². The lowest BCUT2D eigenvalue weighted by Crippen LogP contribution is -2.33. The van der Waals surface area contributed by atoms with E-state index < -0.39 is 0 Å². The molecule has 1 aromatic rings. The average Bonchev–Trinajstić information content (AvgIpc) is 2.89. The maximum atomic E-state index is 9.88. The Labute approximate surface area is 108 Å². The van der Waals surface area contributed by atoms with Crippen molar-refractivity contribution in [3.05, 3.63) is 23.5 Å². The van der Waals surface area contributed by atoms with Gasteiger partial charge >= 0.3 is 0 Å². The molecule has 18 heavy (non-hydrogen) atoms. The molecule has 4 nitrogen and oxygen atoms in total. The highest BCUT2D eigenvalue weighted by molar-refractivity contribution is 5.27. The van der Waals surface area contributed by atoms with Gasteiger partial charge in [0.25, 0.3) is 0 Å². The SMILES string of the molecule is Cc1ccc(O)c(CN2CC3CNCC3C2C)n1. The molecule has 0 spiro atoms. The van der Waals surface area contributed by atoms with E-state index in [1.807, 2.05) is 13.0 Å². The fourth-order valence-electron chi connectivity index (χ4n) is 3.38. The number of aryl methyl sites for hydroxylation is 1. The summed E-state index contributed by atoms with van der Waals surface area (Å²) in [5.41, 5.74) is 1.78. The van der Waals surface area contributed by atoms with Gasteiger partial charge in [-0.15, -0.1) is 0 Å². The molecule has 98 valence electrons. The van der Waals surface area contributed by atoms with Gasteiger partial charge in [0.1, 0.15) is 5.75 Å². The number of likely N-dealkylation sites (tertiary alicyclic amines) is 1. The lowest BCUT2D eigenvalue weighted by molar-refractivity contribution is 0.226. The van der Waals surface area contributed by atoms with E-state index in [-0.39, 0.29) is 0 Å². The zero-order chi connectivity index (χ0) is 12.7. The van der Waals surface area contributed by atoms with E-state index in [4.69, 9.17) is 0 Å². The molecule has 3 rings (SSSR count). The number of fused-ring (bicyclic) bond motifs is 1. The van der Waals surface area contributed by atoms with Crippen molar-refractivity contribution in [3.8, 4) is 5.75 Å². The molecule has 2 fully saturated rings. The van der Waals surface area contributed by atoms with Crippen LogP contribution in [0, 0.1) is 18.8 Å². The predicted octanol–water partition coefficient (Wildman–Crippen LogP) is 1.14. The highest BCUT2D eigenvalue weighted by Gasteiger charge is 2.41. The van der Waals surface area contributed by atoms with Crippen molar-refractivity contribution in [2.45, 2.75) is 26.4 Å². The first-order valence-corrected chi connectivity index (χ1v) is 6.75. The largest absolute Gasteiger partial charge is 0.506 e. The van der Waals surface area contributed by atoms with Crippen molar-refractivity contribution < 1.29 is 5.11 Å². The van der Waals surface area contributed by atoms with Crippen molar-refractivity contribution in [3.63, 3.8) is 0 Å². The molecule has 2 aliphatic heterocycles. The van der Waals surface area contributed by atoms with Crippen molar-refractivity contribution >= 4 is 0 Å². The van der Waals surface area contributed by atoms with Crippen molar-refractivity contribution in [2.75, 3.05) is 19.6 Å². The molecule has 3 unspecified atom stereocenters. The second kappa shape index (κ2) is 4.52. The van der Waals surface area contributed by atoms with Crippen LogP contribution in [0.15, 0.2) is 12.1 Å². The van der Waals surface area contributed by atoms with Crippen molar-refractivity contribution in [1.29, 1.82) is 0 Å². The molecule has 0 aliphatic carbocycles. The molecule has 4 heteroatoms. The van der Waals surface area contributed by atoms with Crippen LogP contribution in [0.1, 0.15) is 18.3 Å². The minimum absolute atomic E-state index is 0.322. The van der Waals surface area contributed by atoms with E-state index in [0.717, 1.165) is 49.4 Å². The number of aromatic hydroxyl groups is 1. The number of nitrogens with one attached hydrogen (secondary N) is 1. The number of hydrogen-bond acceptors (Lipinski definition) is 4. The van der Waals surface area contributed by atoms with Crippen LogP contribution in [0.25, 0.3) is 0 Å². The maximum absolute atomic E-state index is 9.88. The van der Waals surface area contributed by atoms with Crippen LogP contribution in [-0.2, 0) is 6.54 Å². The van der Waals surface area contributed by atoms with Crippen LogP contribution < -0.4 is 5.32 Å². The van der Waals surface area contributed by atoms with Crippen LogP contribution in [0.3, 0.4) is 0 Å². The first-order valence-electron chi connectivity index (χ1n) is 6.75. The molecule has 2 N–H and O–H groups in total. The standard InChI is InChI=1S/C14H21N3O/c1-9-3-4-14(18)13(16-9)8-17-7-11-5-15-6-12(11)10(17)2/h3-4,10-12,15,18H,5-8H2,1-2H3. The van der Waals surface area contributed by atoms with Gasteiger partial charge in [-0.2, -0.15) is 0 Å². The summed E-state index contributed by atoms with van der Waals surface area (Å²) in [5, 5.41) is 13.4. The molecule has 3 heterocycles. The zero-order valence-corrected chi connectivity index (χ0v) is 11.1. The van der Waals surface area contributed by atoms with Crippen LogP contribution in [0.2, 0.25) is 0 Å². The number of pyridine rings is 1. The van der Waals surface area contributed by atoms with Gasteiger partial charge in [-0.3, -0.25) is 9.88 Å². The lowest BCUT2D eigenvalue weighted by atomic mass is 9.95. The minimum atomic E-state index is 0.322. The molecule has 3 atom stereocenters. The van der Waals surface area contributed by atoms with Crippen LogP contribution >= 0.6 is 0 Å². The molecule has 0 saturated carbocycles. The Morgan fingerprint density at radius 2 is 2.28 bits per heavy atom. The molecule has 0 bridgehead atoms.